The van der Waals surface area contributed by atoms with Crippen molar-refractivity contribution in [2.75, 3.05) is 5.32 Å². The fraction of sp³-hybridized carbons (Fsp3) is 0.0769. The summed E-state index contributed by atoms with van der Waals surface area (Å²) in [6.07, 6.45) is 0. The van der Waals surface area contributed by atoms with Gasteiger partial charge in [-0.2, -0.15) is 0 Å². The number of nitrogens with one attached hydrogen (secondary N) is 1. The van der Waals surface area contributed by atoms with Crippen molar-refractivity contribution in [2.45, 2.75) is 6.54 Å². The van der Waals surface area contributed by atoms with Crippen molar-refractivity contribution < 1.29 is 8.78 Å². The summed E-state index contributed by atoms with van der Waals surface area (Å²) in [6.45, 7) is 0.328. The van der Waals surface area contributed by atoms with Crippen molar-refractivity contribution >= 4 is 33.2 Å². The SMILES string of the molecule is Fc1cc(Br)cc(CNc2ccc(Cl)cc2F)c1. The maximum atomic E-state index is 13.5. The highest BCUT2D eigenvalue weighted by Gasteiger charge is 2.04. The van der Waals surface area contributed by atoms with Gasteiger partial charge >= 0.3 is 0 Å². The smallest absolute Gasteiger partial charge is 0.147 e. The van der Waals surface area contributed by atoms with Crippen LogP contribution in [0.1, 0.15) is 5.56 Å². The van der Waals surface area contributed by atoms with E-state index in [2.05, 4.69) is 21.2 Å². The summed E-state index contributed by atoms with van der Waals surface area (Å²) in [5, 5.41) is 3.23. The van der Waals surface area contributed by atoms with Crippen LogP contribution in [0, 0.1) is 11.6 Å². The number of hydrogen-bond donors (Lipinski definition) is 1. The highest BCUT2D eigenvalue weighted by molar-refractivity contribution is 9.10. The van der Waals surface area contributed by atoms with Crippen LogP contribution in [-0.2, 0) is 6.54 Å². The molecule has 94 valence electrons. The molecule has 1 N–H and O–H groups in total. The van der Waals surface area contributed by atoms with E-state index in [4.69, 9.17) is 11.6 Å². The second-order valence-corrected chi connectivity index (χ2v) is 5.11. The van der Waals surface area contributed by atoms with E-state index in [9.17, 15) is 8.78 Å². The Morgan fingerprint density at radius 3 is 2.56 bits per heavy atom. The summed E-state index contributed by atoms with van der Waals surface area (Å²) in [5.74, 6) is -0.768. The Kier molecular flexibility index (Phi) is 4.19. The van der Waals surface area contributed by atoms with Crippen LogP contribution in [-0.4, -0.2) is 0 Å². The van der Waals surface area contributed by atoms with E-state index in [-0.39, 0.29) is 5.82 Å². The molecule has 2 rings (SSSR count). The molecule has 2 aromatic carbocycles. The highest BCUT2D eigenvalue weighted by atomic mass is 79.9. The molecule has 5 heteroatoms. The predicted molar refractivity (Wildman–Crippen MR) is 72.8 cm³/mol. The number of anilines is 1. The maximum absolute atomic E-state index is 13.5. The fourth-order valence-corrected chi connectivity index (χ4v) is 2.21. The Balaban J connectivity index is 2.11. The molecule has 0 atom stereocenters. The van der Waals surface area contributed by atoms with E-state index in [0.717, 1.165) is 5.56 Å². The third-order valence-electron chi connectivity index (χ3n) is 2.34. The zero-order chi connectivity index (χ0) is 13.1. The van der Waals surface area contributed by atoms with E-state index in [1.54, 1.807) is 18.2 Å². The van der Waals surface area contributed by atoms with Gasteiger partial charge in [-0.15, -0.1) is 0 Å². The fourth-order valence-electron chi connectivity index (χ4n) is 1.54. The average molecular weight is 333 g/mol. The quantitative estimate of drug-likeness (QED) is 0.834. The first-order valence-electron chi connectivity index (χ1n) is 5.18. The van der Waals surface area contributed by atoms with E-state index in [0.29, 0.717) is 21.7 Å². The van der Waals surface area contributed by atoms with Crippen LogP contribution >= 0.6 is 27.5 Å². The molecule has 0 aliphatic carbocycles. The molecule has 0 saturated carbocycles. The summed E-state index contributed by atoms with van der Waals surface area (Å²) in [5.41, 5.74) is 1.05. The Morgan fingerprint density at radius 2 is 1.89 bits per heavy atom. The van der Waals surface area contributed by atoms with Crippen molar-refractivity contribution in [1.82, 2.24) is 0 Å². The van der Waals surface area contributed by atoms with Gasteiger partial charge in [0.2, 0.25) is 0 Å². The molecule has 0 heterocycles. The Labute approximate surface area is 117 Å². The lowest BCUT2D eigenvalue weighted by molar-refractivity contribution is 0.624. The molecule has 0 aliphatic rings. The lowest BCUT2D eigenvalue weighted by Gasteiger charge is -2.08. The van der Waals surface area contributed by atoms with Crippen LogP contribution in [0.25, 0.3) is 0 Å². The minimum absolute atomic E-state index is 0.328. The summed E-state index contributed by atoms with van der Waals surface area (Å²) >= 11 is 8.86. The third kappa shape index (κ3) is 3.43. The Morgan fingerprint density at radius 1 is 1.11 bits per heavy atom. The summed E-state index contributed by atoms with van der Waals surface area (Å²) in [6, 6.07) is 8.90. The molecule has 2 aromatic rings. The first kappa shape index (κ1) is 13.3. The van der Waals surface area contributed by atoms with Gasteiger partial charge in [0, 0.05) is 16.0 Å². The molecular weight excluding hydrogens is 324 g/mol. The van der Waals surface area contributed by atoms with Gasteiger partial charge in [0.15, 0.2) is 0 Å². The minimum atomic E-state index is -0.432. The van der Waals surface area contributed by atoms with Crippen LogP contribution in [0.15, 0.2) is 40.9 Å². The first-order chi connectivity index (χ1) is 8.54. The normalized spacial score (nSPS) is 10.4. The summed E-state index contributed by atoms with van der Waals surface area (Å²) in [4.78, 5) is 0. The first-order valence-corrected chi connectivity index (χ1v) is 6.35. The zero-order valence-corrected chi connectivity index (χ0v) is 11.5. The van der Waals surface area contributed by atoms with Crippen LogP contribution in [0.5, 0.6) is 0 Å². The van der Waals surface area contributed by atoms with E-state index in [1.165, 1.54) is 18.2 Å². The van der Waals surface area contributed by atoms with E-state index < -0.39 is 5.82 Å². The van der Waals surface area contributed by atoms with Crippen LogP contribution in [0.4, 0.5) is 14.5 Å². The molecule has 18 heavy (non-hydrogen) atoms. The summed E-state index contributed by atoms with van der Waals surface area (Å²) in [7, 11) is 0. The minimum Gasteiger partial charge on any atom is -0.379 e. The monoisotopic (exact) mass is 331 g/mol. The van der Waals surface area contributed by atoms with Gasteiger partial charge in [-0.25, -0.2) is 8.78 Å². The van der Waals surface area contributed by atoms with E-state index >= 15 is 0 Å². The molecule has 0 aliphatic heterocycles. The molecule has 0 amide bonds. The highest BCUT2D eigenvalue weighted by Crippen LogP contribution is 2.20. The van der Waals surface area contributed by atoms with E-state index in [1.807, 2.05) is 0 Å². The molecule has 0 radical (unpaired) electrons. The Bertz CT molecular complexity index is 555. The molecule has 0 spiro atoms. The van der Waals surface area contributed by atoms with Crippen LogP contribution < -0.4 is 5.32 Å². The Hall–Kier alpha value is -1.13. The average Bonchev–Trinajstić information content (AvgIpc) is 2.26. The van der Waals surface area contributed by atoms with Crippen molar-refractivity contribution in [1.29, 1.82) is 0 Å². The number of hydrogen-bond acceptors (Lipinski definition) is 1. The predicted octanol–water partition coefficient (Wildman–Crippen LogP) is 4.99. The van der Waals surface area contributed by atoms with Crippen molar-refractivity contribution in [2.24, 2.45) is 0 Å². The third-order valence-corrected chi connectivity index (χ3v) is 3.03. The largest absolute Gasteiger partial charge is 0.379 e. The van der Waals surface area contributed by atoms with Gasteiger partial charge in [-0.1, -0.05) is 27.5 Å². The van der Waals surface area contributed by atoms with Gasteiger partial charge in [0.25, 0.3) is 0 Å². The van der Waals surface area contributed by atoms with Crippen molar-refractivity contribution in [3.8, 4) is 0 Å². The van der Waals surface area contributed by atoms with Crippen LogP contribution in [0.2, 0.25) is 5.02 Å². The number of benzene rings is 2. The maximum Gasteiger partial charge on any atom is 0.147 e. The molecular formula is C13H9BrClF2N. The molecule has 0 bridgehead atoms. The molecule has 0 unspecified atom stereocenters. The lowest BCUT2D eigenvalue weighted by Crippen LogP contribution is -2.01. The summed E-state index contributed by atoms with van der Waals surface area (Å²) < 4.78 is 27.3. The molecule has 0 aromatic heterocycles. The molecule has 0 saturated heterocycles. The standard InChI is InChI=1S/C13H9BrClF2N/c14-9-3-8(4-11(16)5-9)7-18-13-2-1-10(15)6-12(13)17/h1-6,18H,7H2. The number of rotatable bonds is 3. The van der Waals surface area contributed by atoms with Crippen molar-refractivity contribution in [3.63, 3.8) is 0 Å². The second-order valence-electron chi connectivity index (χ2n) is 3.76. The number of halogens is 4. The van der Waals surface area contributed by atoms with Crippen LogP contribution in [0.3, 0.4) is 0 Å². The van der Waals surface area contributed by atoms with Crippen molar-refractivity contribution in [3.05, 3.63) is 63.1 Å². The zero-order valence-electron chi connectivity index (χ0n) is 9.18. The van der Waals surface area contributed by atoms with Gasteiger partial charge in [0.05, 0.1) is 5.69 Å². The van der Waals surface area contributed by atoms with Gasteiger partial charge in [0.1, 0.15) is 11.6 Å². The topological polar surface area (TPSA) is 12.0 Å². The second kappa shape index (κ2) is 5.67. The van der Waals surface area contributed by atoms with Gasteiger partial charge in [-0.3, -0.25) is 0 Å². The lowest BCUT2D eigenvalue weighted by atomic mass is 10.2. The van der Waals surface area contributed by atoms with Gasteiger partial charge in [-0.05, 0) is 42.0 Å². The molecule has 0 fully saturated rings. The molecule has 1 nitrogen and oxygen atoms in total. The van der Waals surface area contributed by atoms with Gasteiger partial charge < -0.3 is 5.32 Å².